The van der Waals surface area contributed by atoms with E-state index >= 15 is 0 Å². The van der Waals surface area contributed by atoms with Gasteiger partial charge in [0.25, 0.3) is 0 Å². The van der Waals surface area contributed by atoms with Crippen molar-refractivity contribution in [3.05, 3.63) is 69.3 Å². The fourth-order valence-corrected chi connectivity index (χ4v) is 7.48. The summed E-state index contributed by atoms with van der Waals surface area (Å²) in [5, 5.41) is 16.8. The number of aryl methyl sites for hydroxylation is 1. The molecule has 0 bridgehead atoms. The summed E-state index contributed by atoms with van der Waals surface area (Å²) in [6.07, 6.45) is 3.98. The first-order chi connectivity index (χ1) is 17.3. The van der Waals surface area contributed by atoms with E-state index in [1.807, 2.05) is 37.3 Å². The van der Waals surface area contributed by atoms with Crippen molar-refractivity contribution in [1.29, 1.82) is 0 Å². The van der Waals surface area contributed by atoms with Gasteiger partial charge in [0.05, 0.1) is 29.0 Å². The van der Waals surface area contributed by atoms with Gasteiger partial charge in [-0.05, 0) is 31.4 Å². The quantitative estimate of drug-likeness (QED) is 0.515. The van der Waals surface area contributed by atoms with Gasteiger partial charge >= 0.3 is 12.1 Å². The Bertz CT molecular complexity index is 1330. The summed E-state index contributed by atoms with van der Waals surface area (Å²) in [7, 11) is 3.32. The van der Waals surface area contributed by atoms with Crippen LogP contribution in [0.4, 0.5) is 10.6 Å². The van der Waals surface area contributed by atoms with Gasteiger partial charge < -0.3 is 14.6 Å². The van der Waals surface area contributed by atoms with Gasteiger partial charge in [0.2, 0.25) is 0 Å². The second kappa shape index (κ2) is 9.64. The number of anilines is 1. The number of carbonyl (C=O) groups is 2. The van der Waals surface area contributed by atoms with Crippen molar-refractivity contribution < 1.29 is 24.2 Å². The van der Waals surface area contributed by atoms with Crippen LogP contribution in [0, 0.1) is 17.3 Å². The first kappa shape index (κ1) is 24.4. The van der Waals surface area contributed by atoms with Crippen molar-refractivity contribution in [3.8, 4) is 11.8 Å². The number of amides is 1. The third-order valence-corrected chi connectivity index (χ3v) is 9.38. The van der Waals surface area contributed by atoms with Crippen LogP contribution in [0.15, 0.2) is 58.2 Å². The van der Waals surface area contributed by atoms with Gasteiger partial charge in [0.15, 0.2) is 0 Å². The van der Waals surface area contributed by atoms with Crippen molar-refractivity contribution in [2.45, 2.75) is 36.4 Å². The molecule has 3 heterocycles. The van der Waals surface area contributed by atoms with Crippen LogP contribution < -0.4 is 5.32 Å². The SMILES string of the molecule is COC1=C(C2(C(=O)O)CC2)SC2C=C(C#Cc3cnn(C)c3NC(=O)OC(C)c3ccccc3)SC12. The number of aliphatic carboxylic acids is 1. The summed E-state index contributed by atoms with van der Waals surface area (Å²) in [6.45, 7) is 1.81. The van der Waals surface area contributed by atoms with Gasteiger partial charge in [-0.3, -0.25) is 14.8 Å². The van der Waals surface area contributed by atoms with E-state index in [1.165, 1.54) is 4.68 Å². The number of nitrogens with one attached hydrogen (secondary N) is 1. The number of carboxylic acids is 1. The van der Waals surface area contributed by atoms with Crippen LogP contribution in [-0.4, -0.2) is 44.6 Å². The molecular weight excluding hydrogens is 498 g/mol. The lowest BCUT2D eigenvalue weighted by Gasteiger charge is -2.14. The number of carboxylic acid groups (broad SMARTS) is 1. The van der Waals surface area contributed by atoms with Crippen LogP contribution in [0.25, 0.3) is 0 Å². The number of nitrogens with zero attached hydrogens (tertiary/aromatic N) is 2. The van der Waals surface area contributed by atoms with Crippen LogP contribution in [0.1, 0.15) is 37.0 Å². The summed E-state index contributed by atoms with van der Waals surface area (Å²) < 4.78 is 12.7. The number of ether oxygens (including phenoxy) is 2. The number of aromatic nitrogens is 2. The zero-order valence-electron chi connectivity index (χ0n) is 20.0. The highest BCUT2D eigenvalue weighted by molar-refractivity contribution is 8.09. The Balaban J connectivity index is 1.26. The minimum absolute atomic E-state index is 0.0112. The van der Waals surface area contributed by atoms with E-state index in [4.69, 9.17) is 9.47 Å². The fraction of sp³-hybridized carbons (Fsp3) is 0.346. The van der Waals surface area contributed by atoms with Crippen LogP contribution in [0.3, 0.4) is 0 Å². The maximum atomic E-state index is 12.5. The number of rotatable bonds is 6. The molecule has 5 rings (SSSR count). The summed E-state index contributed by atoms with van der Waals surface area (Å²) in [6, 6.07) is 9.50. The smallest absolute Gasteiger partial charge is 0.413 e. The number of fused-ring (bicyclic) bond motifs is 1. The Labute approximate surface area is 217 Å². The van der Waals surface area contributed by atoms with Crippen molar-refractivity contribution in [2.75, 3.05) is 12.4 Å². The molecule has 3 aliphatic rings. The largest absolute Gasteiger partial charge is 0.499 e. The van der Waals surface area contributed by atoms with E-state index in [0.717, 1.165) is 21.1 Å². The predicted molar refractivity (Wildman–Crippen MR) is 139 cm³/mol. The Kier molecular flexibility index (Phi) is 6.53. The summed E-state index contributed by atoms with van der Waals surface area (Å²) in [5.41, 5.74) is 0.692. The molecule has 1 aliphatic carbocycles. The Hall–Kier alpha value is -3.29. The minimum Gasteiger partial charge on any atom is -0.499 e. The average molecular weight is 524 g/mol. The molecular formula is C26H25N3O5S2. The normalized spacial score (nSPS) is 22.1. The van der Waals surface area contributed by atoms with Crippen LogP contribution in [0.2, 0.25) is 0 Å². The molecule has 0 radical (unpaired) electrons. The second-order valence-electron chi connectivity index (χ2n) is 8.80. The lowest BCUT2D eigenvalue weighted by molar-refractivity contribution is -0.141. The molecule has 1 aromatic carbocycles. The van der Waals surface area contributed by atoms with Crippen molar-refractivity contribution in [3.63, 3.8) is 0 Å². The number of methoxy groups -OCH3 is 1. The Morgan fingerprint density at radius 1 is 1.25 bits per heavy atom. The first-order valence-electron chi connectivity index (χ1n) is 11.5. The number of benzene rings is 1. The maximum Gasteiger partial charge on any atom is 0.413 e. The molecule has 2 aromatic rings. The van der Waals surface area contributed by atoms with E-state index in [-0.39, 0.29) is 10.5 Å². The maximum absolute atomic E-state index is 12.5. The predicted octanol–water partition coefficient (Wildman–Crippen LogP) is 4.92. The number of hydrogen-bond acceptors (Lipinski definition) is 7. The molecule has 2 N–H and O–H groups in total. The summed E-state index contributed by atoms with van der Waals surface area (Å²) >= 11 is 3.15. The third kappa shape index (κ3) is 4.49. The zero-order valence-corrected chi connectivity index (χ0v) is 21.6. The highest BCUT2D eigenvalue weighted by Crippen LogP contribution is 2.64. The summed E-state index contributed by atoms with van der Waals surface area (Å²) in [4.78, 5) is 26.1. The molecule has 0 saturated heterocycles. The average Bonchev–Trinajstić information content (AvgIpc) is 3.33. The van der Waals surface area contributed by atoms with Gasteiger partial charge in [-0.1, -0.05) is 42.2 Å². The Morgan fingerprint density at radius 3 is 2.67 bits per heavy atom. The topological polar surface area (TPSA) is 103 Å². The van der Waals surface area contributed by atoms with Gasteiger partial charge in [0, 0.05) is 17.2 Å². The monoisotopic (exact) mass is 523 g/mol. The van der Waals surface area contributed by atoms with Gasteiger partial charge in [0.1, 0.15) is 23.1 Å². The lowest BCUT2D eigenvalue weighted by Crippen LogP contribution is -2.18. The van der Waals surface area contributed by atoms with Gasteiger partial charge in [-0.15, -0.1) is 23.5 Å². The molecule has 0 spiro atoms. The van der Waals surface area contributed by atoms with E-state index in [0.29, 0.717) is 24.2 Å². The third-order valence-electron chi connectivity index (χ3n) is 6.45. The number of hydrogen-bond donors (Lipinski definition) is 2. The molecule has 36 heavy (non-hydrogen) atoms. The Morgan fingerprint density at radius 2 is 2.00 bits per heavy atom. The van der Waals surface area contributed by atoms with E-state index in [2.05, 4.69) is 28.3 Å². The molecule has 1 aromatic heterocycles. The molecule has 1 fully saturated rings. The van der Waals surface area contributed by atoms with Crippen LogP contribution in [-0.2, 0) is 21.3 Å². The van der Waals surface area contributed by atoms with Gasteiger partial charge in [-0.2, -0.15) is 5.10 Å². The molecule has 186 valence electrons. The zero-order chi connectivity index (χ0) is 25.4. The van der Waals surface area contributed by atoms with E-state index in [1.54, 1.807) is 43.9 Å². The minimum atomic E-state index is -0.776. The fourth-order valence-electron chi connectivity index (χ4n) is 4.28. The van der Waals surface area contributed by atoms with E-state index in [9.17, 15) is 14.7 Å². The molecule has 8 nitrogen and oxygen atoms in total. The number of carbonyl (C=O) groups excluding carboxylic acids is 1. The second-order valence-corrected chi connectivity index (χ2v) is 11.2. The van der Waals surface area contributed by atoms with Crippen molar-refractivity contribution in [1.82, 2.24) is 9.78 Å². The first-order valence-corrected chi connectivity index (χ1v) is 13.2. The van der Waals surface area contributed by atoms with Crippen molar-refractivity contribution in [2.24, 2.45) is 12.5 Å². The molecule has 2 aliphatic heterocycles. The number of allylic oxidation sites excluding steroid dienone is 1. The molecule has 1 saturated carbocycles. The highest BCUT2D eigenvalue weighted by atomic mass is 32.2. The number of thioether (sulfide) groups is 2. The molecule has 3 unspecified atom stereocenters. The lowest BCUT2D eigenvalue weighted by atomic mass is 10.0. The van der Waals surface area contributed by atoms with Crippen LogP contribution >= 0.6 is 23.5 Å². The molecule has 1 amide bonds. The molecule has 10 heteroatoms. The van der Waals surface area contributed by atoms with Crippen LogP contribution in [0.5, 0.6) is 0 Å². The standard InChI is InChI=1S/C26H25N3O5S2/c1-15(16-7-5-4-6-8-16)34-25(32)28-23-17(14-27-29(23)2)9-10-18-13-19-21(35-18)20(33-3)22(36-19)26(11-12-26)24(30)31/h4-8,13-15,19,21H,11-12H2,1-3H3,(H,28,32)(H,30,31). The van der Waals surface area contributed by atoms with Gasteiger partial charge in [-0.25, -0.2) is 4.79 Å². The summed E-state index contributed by atoms with van der Waals surface area (Å²) in [5.74, 6) is 6.71. The highest BCUT2D eigenvalue weighted by Gasteiger charge is 2.59. The molecule has 3 atom stereocenters. The van der Waals surface area contributed by atoms with Crippen molar-refractivity contribution >= 4 is 41.4 Å². The van der Waals surface area contributed by atoms with E-state index < -0.39 is 23.6 Å².